The molecule has 0 radical (unpaired) electrons. The first-order valence-electron chi connectivity index (χ1n) is 5.63. The van der Waals surface area contributed by atoms with Crippen molar-refractivity contribution in [1.82, 2.24) is 9.78 Å². The van der Waals surface area contributed by atoms with Crippen molar-refractivity contribution in [3.8, 4) is 0 Å². The molecular weight excluding hydrogens is 232 g/mol. The second-order valence-corrected chi connectivity index (χ2v) is 4.23. The van der Waals surface area contributed by atoms with E-state index in [9.17, 15) is 9.59 Å². The predicted molar refractivity (Wildman–Crippen MR) is 64.5 cm³/mol. The fourth-order valence-electron chi connectivity index (χ4n) is 1.83. The van der Waals surface area contributed by atoms with Gasteiger partial charge in [0.15, 0.2) is 11.5 Å². The molecule has 0 aliphatic rings. The lowest BCUT2D eigenvalue weighted by atomic mass is 9.95. The average molecular weight is 246 g/mol. The number of carbonyl (C=O) groups excluding carboxylic acids is 2. The summed E-state index contributed by atoms with van der Waals surface area (Å²) in [6, 6.07) is 3.18. The Hall–Kier alpha value is -2.17. The van der Waals surface area contributed by atoms with Crippen LogP contribution in [-0.2, 0) is 7.05 Å². The molecule has 1 atom stereocenters. The minimum atomic E-state index is -0.765. The molecule has 0 aliphatic carbocycles. The number of ketones is 2. The van der Waals surface area contributed by atoms with Gasteiger partial charge in [-0.15, -0.1) is 0 Å². The van der Waals surface area contributed by atoms with Gasteiger partial charge >= 0.3 is 0 Å². The monoisotopic (exact) mass is 246 g/mol. The molecule has 2 aromatic rings. The van der Waals surface area contributed by atoms with E-state index in [1.165, 1.54) is 6.26 Å². The molecule has 2 rings (SSSR count). The molecule has 2 aromatic heterocycles. The van der Waals surface area contributed by atoms with Crippen LogP contribution in [0.2, 0.25) is 0 Å². The smallest absolute Gasteiger partial charge is 0.208 e. The third-order valence-electron chi connectivity index (χ3n) is 2.83. The van der Waals surface area contributed by atoms with Crippen LogP contribution in [0.3, 0.4) is 0 Å². The molecule has 0 aliphatic heterocycles. The minimum absolute atomic E-state index is 0.206. The van der Waals surface area contributed by atoms with E-state index < -0.39 is 5.92 Å². The van der Waals surface area contributed by atoms with E-state index in [0.717, 1.165) is 0 Å². The van der Waals surface area contributed by atoms with Crippen LogP contribution in [0, 0.1) is 12.8 Å². The van der Waals surface area contributed by atoms with Crippen molar-refractivity contribution in [2.75, 3.05) is 0 Å². The molecule has 0 amide bonds. The largest absolute Gasteiger partial charge is 0.461 e. The fourth-order valence-corrected chi connectivity index (χ4v) is 1.83. The van der Waals surface area contributed by atoms with E-state index in [1.807, 2.05) is 0 Å². The van der Waals surface area contributed by atoms with Gasteiger partial charge < -0.3 is 4.42 Å². The Morgan fingerprint density at radius 1 is 1.39 bits per heavy atom. The number of rotatable bonds is 4. The van der Waals surface area contributed by atoms with Gasteiger partial charge in [0.25, 0.3) is 0 Å². The molecule has 94 valence electrons. The minimum Gasteiger partial charge on any atom is -0.461 e. The van der Waals surface area contributed by atoms with Crippen molar-refractivity contribution in [3.05, 3.63) is 41.6 Å². The Kier molecular flexibility index (Phi) is 3.14. The highest BCUT2D eigenvalue weighted by Crippen LogP contribution is 2.16. The zero-order valence-corrected chi connectivity index (χ0v) is 10.5. The van der Waals surface area contributed by atoms with Gasteiger partial charge in [-0.3, -0.25) is 14.3 Å². The molecule has 5 nitrogen and oxygen atoms in total. The molecule has 0 bridgehead atoms. The van der Waals surface area contributed by atoms with Gasteiger partial charge in [-0.25, -0.2) is 0 Å². The number of nitrogens with zero attached hydrogens (tertiary/aromatic N) is 2. The molecular formula is C13H14N2O3. The van der Waals surface area contributed by atoms with Crippen LogP contribution < -0.4 is 0 Å². The van der Waals surface area contributed by atoms with Gasteiger partial charge in [-0.05, 0) is 26.0 Å². The summed E-state index contributed by atoms with van der Waals surface area (Å²) in [7, 11) is 1.74. The summed E-state index contributed by atoms with van der Waals surface area (Å²) in [5, 5.41) is 4.10. The lowest BCUT2D eigenvalue weighted by molar-refractivity contribution is 0.0803. The van der Waals surface area contributed by atoms with E-state index in [2.05, 4.69) is 5.10 Å². The summed E-state index contributed by atoms with van der Waals surface area (Å²) < 4.78 is 6.58. The summed E-state index contributed by atoms with van der Waals surface area (Å²) >= 11 is 0. The lowest BCUT2D eigenvalue weighted by Crippen LogP contribution is -2.21. The molecule has 0 N–H and O–H groups in total. The Morgan fingerprint density at radius 2 is 2.11 bits per heavy atom. The highest BCUT2D eigenvalue weighted by Gasteiger charge is 2.27. The maximum Gasteiger partial charge on any atom is 0.208 e. The van der Waals surface area contributed by atoms with Gasteiger partial charge in [0.1, 0.15) is 0 Å². The van der Waals surface area contributed by atoms with Crippen LogP contribution in [0.1, 0.15) is 33.5 Å². The zero-order chi connectivity index (χ0) is 13.3. The molecule has 2 heterocycles. The van der Waals surface area contributed by atoms with Crippen molar-refractivity contribution in [1.29, 1.82) is 0 Å². The summed E-state index contributed by atoms with van der Waals surface area (Å²) in [5.41, 5.74) is 1.10. The summed E-state index contributed by atoms with van der Waals surface area (Å²) in [5.74, 6) is -1.10. The topological polar surface area (TPSA) is 65.1 Å². The summed E-state index contributed by atoms with van der Waals surface area (Å²) in [6.07, 6.45) is 3.04. The van der Waals surface area contributed by atoms with Gasteiger partial charge in [0, 0.05) is 13.2 Å². The third kappa shape index (κ3) is 2.11. The van der Waals surface area contributed by atoms with Crippen LogP contribution in [0.4, 0.5) is 0 Å². The highest BCUT2D eigenvalue weighted by atomic mass is 16.3. The Morgan fingerprint density at radius 3 is 2.61 bits per heavy atom. The number of hydrogen-bond donors (Lipinski definition) is 0. The number of carbonyl (C=O) groups is 2. The second-order valence-electron chi connectivity index (χ2n) is 4.23. The molecule has 1 unspecified atom stereocenters. The van der Waals surface area contributed by atoms with Crippen molar-refractivity contribution >= 4 is 11.6 Å². The molecule has 0 saturated carbocycles. The average Bonchev–Trinajstić information content (AvgIpc) is 2.96. The Balaban J connectivity index is 2.24. The van der Waals surface area contributed by atoms with Crippen LogP contribution in [0.15, 0.2) is 29.0 Å². The standard InChI is InChI=1S/C13H14N2O3/c1-8(13(17)11-5-4-6-18-11)12(16)10-7-15(3)14-9(10)2/h4-8H,1-3H3. The lowest BCUT2D eigenvalue weighted by Gasteiger charge is -2.06. The van der Waals surface area contributed by atoms with E-state index in [1.54, 1.807) is 43.9 Å². The highest BCUT2D eigenvalue weighted by molar-refractivity contribution is 6.15. The van der Waals surface area contributed by atoms with E-state index >= 15 is 0 Å². The molecule has 0 aromatic carbocycles. The first-order valence-corrected chi connectivity index (χ1v) is 5.63. The number of Topliss-reactive ketones (excluding diaryl/α,β-unsaturated/α-hetero) is 2. The fraction of sp³-hybridized carbons (Fsp3) is 0.308. The van der Waals surface area contributed by atoms with Gasteiger partial charge in [-0.2, -0.15) is 5.10 Å². The normalized spacial score (nSPS) is 12.4. The first kappa shape index (κ1) is 12.3. The van der Waals surface area contributed by atoms with E-state index in [-0.39, 0.29) is 17.3 Å². The molecule has 0 fully saturated rings. The number of aryl methyl sites for hydroxylation is 2. The van der Waals surface area contributed by atoms with Crippen molar-refractivity contribution in [2.45, 2.75) is 13.8 Å². The number of aromatic nitrogens is 2. The predicted octanol–water partition coefficient (Wildman–Crippen LogP) is 2.02. The van der Waals surface area contributed by atoms with Gasteiger partial charge in [0.2, 0.25) is 5.78 Å². The number of furan rings is 1. The van der Waals surface area contributed by atoms with Crippen molar-refractivity contribution in [2.24, 2.45) is 13.0 Å². The zero-order valence-electron chi connectivity index (χ0n) is 10.5. The van der Waals surface area contributed by atoms with Crippen LogP contribution in [0.25, 0.3) is 0 Å². The maximum absolute atomic E-state index is 12.2. The Bertz CT molecular complexity index is 581. The summed E-state index contributed by atoms with van der Waals surface area (Å²) in [6.45, 7) is 3.33. The van der Waals surface area contributed by atoms with Crippen LogP contribution in [0.5, 0.6) is 0 Å². The van der Waals surface area contributed by atoms with Crippen LogP contribution >= 0.6 is 0 Å². The maximum atomic E-state index is 12.2. The molecule has 18 heavy (non-hydrogen) atoms. The van der Waals surface area contributed by atoms with Crippen molar-refractivity contribution < 1.29 is 14.0 Å². The van der Waals surface area contributed by atoms with Gasteiger partial charge in [-0.1, -0.05) is 0 Å². The SMILES string of the molecule is Cc1nn(C)cc1C(=O)C(C)C(=O)c1ccco1. The third-order valence-corrected chi connectivity index (χ3v) is 2.83. The van der Waals surface area contributed by atoms with Gasteiger partial charge in [0.05, 0.1) is 23.4 Å². The molecule has 5 heteroatoms. The Labute approximate surface area is 104 Å². The van der Waals surface area contributed by atoms with E-state index in [0.29, 0.717) is 11.3 Å². The van der Waals surface area contributed by atoms with E-state index in [4.69, 9.17) is 4.42 Å². The number of hydrogen-bond acceptors (Lipinski definition) is 4. The first-order chi connectivity index (χ1) is 8.50. The quantitative estimate of drug-likeness (QED) is 0.611. The van der Waals surface area contributed by atoms with Crippen LogP contribution in [-0.4, -0.2) is 21.3 Å². The molecule has 0 spiro atoms. The molecule has 0 saturated heterocycles. The summed E-state index contributed by atoms with van der Waals surface area (Å²) in [4.78, 5) is 24.2. The van der Waals surface area contributed by atoms with Crippen molar-refractivity contribution in [3.63, 3.8) is 0 Å². The second kappa shape index (κ2) is 4.60.